The highest BCUT2D eigenvalue weighted by molar-refractivity contribution is 7.92. The summed E-state index contributed by atoms with van der Waals surface area (Å²) >= 11 is 12.3. The van der Waals surface area contributed by atoms with Gasteiger partial charge in [-0.3, -0.25) is 13.9 Å². The predicted octanol–water partition coefficient (Wildman–Crippen LogP) is 3.93. The topological polar surface area (TPSA) is 86.8 Å². The van der Waals surface area contributed by atoms with Crippen LogP contribution in [0.3, 0.4) is 0 Å². The first kappa shape index (κ1) is 27.0. The molecular weight excluding hydrogens is 485 g/mol. The highest BCUT2D eigenvalue weighted by Crippen LogP contribution is 2.28. The van der Waals surface area contributed by atoms with Crippen LogP contribution in [0.15, 0.2) is 36.4 Å². The van der Waals surface area contributed by atoms with Gasteiger partial charge in [-0.1, -0.05) is 54.4 Å². The van der Waals surface area contributed by atoms with Crippen LogP contribution in [0.1, 0.15) is 30.0 Å². The van der Waals surface area contributed by atoms with E-state index in [0.717, 1.165) is 21.7 Å². The van der Waals surface area contributed by atoms with Crippen molar-refractivity contribution in [2.75, 3.05) is 24.2 Å². The van der Waals surface area contributed by atoms with Crippen molar-refractivity contribution in [3.05, 3.63) is 63.1 Å². The molecule has 1 N–H and O–H groups in total. The molecule has 0 bridgehead atoms. The van der Waals surface area contributed by atoms with Crippen molar-refractivity contribution >= 4 is 50.7 Å². The summed E-state index contributed by atoms with van der Waals surface area (Å²) in [6, 6.07) is 9.47. The normalized spacial score (nSPS) is 12.2. The van der Waals surface area contributed by atoms with E-state index in [1.807, 2.05) is 6.07 Å². The fraction of sp³-hybridized carbons (Fsp3) is 0.391. The Balaban J connectivity index is 2.52. The second-order valence-electron chi connectivity index (χ2n) is 7.81. The number of likely N-dealkylation sites (N-methyl/N-ethyl adjacent to an activating group) is 1. The Morgan fingerprint density at radius 1 is 1.09 bits per heavy atom. The van der Waals surface area contributed by atoms with E-state index in [4.69, 9.17) is 23.2 Å². The quantitative estimate of drug-likeness (QED) is 0.550. The minimum absolute atomic E-state index is 0.0190. The second kappa shape index (κ2) is 11.2. The molecule has 10 heteroatoms. The fourth-order valence-corrected chi connectivity index (χ4v) is 5.13. The molecule has 33 heavy (non-hydrogen) atoms. The standard InChI is InChI=1S/C23H29Cl2N3O4S/c1-6-20(23(30)26-4)27(13-17-10-11-18(24)12-19(17)25)21(29)14-28(33(5,31)32)22-15(2)8-7-9-16(22)3/h7-12,20H,6,13-14H2,1-5H3,(H,26,30)/t20-/m1/s1. The van der Waals surface area contributed by atoms with Crippen molar-refractivity contribution in [2.24, 2.45) is 0 Å². The van der Waals surface area contributed by atoms with Crippen LogP contribution in [-0.2, 0) is 26.2 Å². The molecule has 0 aliphatic heterocycles. The molecule has 2 aromatic carbocycles. The summed E-state index contributed by atoms with van der Waals surface area (Å²) in [6.45, 7) is 4.92. The third-order valence-corrected chi connectivity index (χ3v) is 7.06. The summed E-state index contributed by atoms with van der Waals surface area (Å²) in [7, 11) is -2.31. The Hall–Kier alpha value is -2.29. The average molecular weight is 514 g/mol. The molecule has 1 atom stereocenters. The van der Waals surface area contributed by atoms with Gasteiger partial charge in [-0.25, -0.2) is 8.42 Å². The summed E-state index contributed by atoms with van der Waals surface area (Å²) in [5, 5.41) is 3.37. The van der Waals surface area contributed by atoms with Gasteiger partial charge in [0.15, 0.2) is 0 Å². The number of rotatable bonds is 9. The molecule has 0 heterocycles. The highest BCUT2D eigenvalue weighted by atomic mass is 35.5. The number of aryl methyl sites for hydroxylation is 2. The molecule has 0 fully saturated rings. The SMILES string of the molecule is CC[C@H](C(=O)NC)N(Cc1ccc(Cl)cc1Cl)C(=O)CN(c1c(C)cccc1C)S(C)(=O)=O. The van der Waals surface area contributed by atoms with E-state index < -0.39 is 28.5 Å². The van der Waals surface area contributed by atoms with Gasteiger partial charge in [0.25, 0.3) is 0 Å². The minimum Gasteiger partial charge on any atom is -0.357 e. The van der Waals surface area contributed by atoms with Gasteiger partial charge in [0.05, 0.1) is 11.9 Å². The number of carbonyl (C=O) groups excluding carboxylic acids is 2. The summed E-state index contributed by atoms with van der Waals surface area (Å²) in [4.78, 5) is 27.5. The molecular formula is C23H29Cl2N3O4S. The number of amides is 2. The first-order chi connectivity index (χ1) is 15.4. The Morgan fingerprint density at radius 2 is 1.70 bits per heavy atom. The van der Waals surface area contributed by atoms with Crippen LogP contribution >= 0.6 is 23.2 Å². The lowest BCUT2D eigenvalue weighted by Gasteiger charge is -2.33. The molecule has 0 radical (unpaired) electrons. The van der Waals surface area contributed by atoms with Crippen molar-refractivity contribution in [3.63, 3.8) is 0 Å². The van der Waals surface area contributed by atoms with Gasteiger partial charge in [-0.15, -0.1) is 0 Å². The van der Waals surface area contributed by atoms with Gasteiger partial charge in [0, 0.05) is 23.6 Å². The van der Waals surface area contributed by atoms with Gasteiger partial charge >= 0.3 is 0 Å². The van der Waals surface area contributed by atoms with E-state index in [2.05, 4.69) is 5.32 Å². The van der Waals surface area contributed by atoms with Gasteiger partial charge in [-0.05, 0) is 49.1 Å². The van der Waals surface area contributed by atoms with Crippen molar-refractivity contribution in [2.45, 2.75) is 39.8 Å². The van der Waals surface area contributed by atoms with Crippen LogP contribution in [0.4, 0.5) is 5.69 Å². The first-order valence-corrected chi connectivity index (χ1v) is 13.0. The van der Waals surface area contributed by atoms with E-state index >= 15 is 0 Å². The van der Waals surface area contributed by atoms with E-state index in [9.17, 15) is 18.0 Å². The lowest BCUT2D eigenvalue weighted by atomic mass is 10.1. The molecule has 0 unspecified atom stereocenters. The van der Waals surface area contributed by atoms with Crippen LogP contribution in [0.5, 0.6) is 0 Å². The number of anilines is 1. The number of halogens is 2. The number of para-hydroxylation sites is 1. The molecule has 2 amide bonds. The lowest BCUT2D eigenvalue weighted by molar-refractivity contribution is -0.140. The number of benzene rings is 2. The highest BCUT2D eigenvalue weighted by Gasteiger charge is 2.32. The number of nitrogens with one attached hydrogen (secondary N) is 1. The molecule has 0 saturated carbocycles. The molecule has 0 aliphatic carbocycles. The molecule has 180 valence electrons. The van der Waals surface area contributed by atoms with Crippen LogP contribution in [0.2, 0.25) is 10.0 Å². The zero-order valence-corrected chi connectivity index (χ0v) is 21.7. The number of hydrogen-bond acceptors (Lipinski definition) is 4. The maximum atomic E-state index is 13.6. The summed E-state index contributed by atoms with van der Waals surface area (Å²) in [5.41, 5.74) is 2.48. The van der Waals surface area contributed by atoms with Crippen molar-refractivity contribution < 1.29 is 18.0 Å². The number of nitrogens with zero attached hydrogens (tertiary/aromatic N) is 2. The van der Waals surface area contributed by atoms with Crippen molar-refractivity contribution in [1.82, 2.24) is 10.2 Å². The van der Waals surface area contributed by atoms with Crippen molar-refractivity contribution in [1.29, 1.82) is 0 Å². The van der Waals surface area contributed by atoms with Gasteiger partial charge in [0.1, 0.15) is 12.6 Å². The fourth-order valence-electron chi connectivity index (χ4n) is 3.69. The third-order valence-electron chi connectivity index (χ3n) is 5.36. The van der Waals surface area contributed by atoms with Crippen LogP contribution < -0.4 is 9.62 Å². The molecule has 2 aromatic rings. The Morgan fingerprint density at radius 3 is 2.18 bits per heavy atom. The van der Waals surface area contributed by atoms with Gasteiger partial charge < -0.3 is 10.2 Å². The zero-order chi connectivity index (χ0) is 24.9. The number of hydrogen-bond donors (Lipinski definition) is 1. The largest absolute Gasteiger partial charge is 0.357 e. The van der Waals surface area contributed by atoms with Gasteiger partial charge in [0.2, 0.25) is 21.8 Å². The van der Waals surface area contributed by atoms with E-state index in [-0.39, 0.29) is 12.5 Å². The number of carbonyl (C=O) groups is 2. The van der Waals surface area contributed by atoms with Gasteiger partial charge in [-0.2, -0.15) is 0 Å². The average Bonchev–Trinajstić information content (AvgIpc) is 2.73. The zero-order valence-electron chi connectivity index (χ0n) is 19.4. The lowest BCUT2D eigenvalue weighted by Crippen LogP contribution is -2.51. The Bertz CT molecular complexity index is 1120. The molecule has 2 rings (SSSR count). The summed E-state index contributed by atoms with van der Waals surface area (Å²) < 4.78 is 26.5. The monoisotopic (exact) mass is 513 g/mol. The Kier molecular flexibility index (Phi) is 9.17. The van der Waals surface area contributed by atoms with Crippen LogP contribution in [0.25, 0.3) is 0 Å². The van der Waals surface area contributed by atoms with E-state index in [0.29, 0.717) is 27.7 Å². The first-order valence-electron chi connectivity index (χ1n) is 10.4. The molecule has 0 spiro atoms. The van der Waals surface area contributed by atoms with E-state index in [1.165, 1.54) is 11.9 Å². The summed E-state index contributed by atoms with van der Waals surface area (Å²) in [6.07, 6.45) is 1.39. The molecule has 7 nitrogen and oxygen atoms in total. The minimum atomic E-state index is -3.79. The van der Waals surface area contributed by atoms with E-state index in [1.54, 1.807) is 51.1 Å². The molecule has 0 saturated heterocycles. The predicted molar refractivity (Wildman–Crippen MR) is 133 cm³/mol. The van der Waals surface area contributed by atoms with Crippen LogP contribution in [0, 0.1) is 13.8 Å². The summed E-state index contributed by atoms with van der Waals surface area (Å²) in [5.74, 6) is -0.876. The Labute approximate surface area is 205 Å². The second-order valence-corrected chi connectivity index (χ2v) is 10.6. The maximum Gasteiger partial charge on any atom is 0.244 e. The maximum absolute atomic E-state index is 13.6. The molecule has 0 aromatic heterocycles. The third kappa shape index (κ3) is 6.62. The molecule has 0 aliphatic rings. The number of sulfonamides is 1. The smallest absolute Gasteiger partial charge is 0.244 e. The van der Waals surface area contributed by atoms with Crippen LogP contribution in [-0.4, -0.2) is 51.0 Å². The van der Waals surface area contributed by atoms with Crippen molar-refractivity contribution in [3.8, 4) is 0 Å².